The second kappa shape index (κ2) is 11.4. The maximum atomic E-state index is 12.5. The number of β-amino-alcohol motifs (C(OH)–C–C–N with tert-alkyl or cyclic N) is 1. The fourth-order valence-corrected chi connectivity index (χ4v) is 4.80. The molecule has 0 saturated carbocycles. The number of nitrogens with zero attached hydrogens (tertiary/aromatic N) is 2. The predicted octanol–water partition coefficient (Wildman–Crippen LogP) is 3.20. The van der Waals surface area contributed by atoms with E-state index < -0.39 is 28.0 Å². The van der Waals surface area contributed by atoms with E-state index >= 15 is 0 Å². The molecule has 31 heavy (non-hydrogen) atoms. The Balaban J connectivity index is 0.000000337. The maximum absolute atomic E-state index is 12.5. The molecule has 0 aliphatic carbocycles. The zero-order valence-corrected chi connectivity index (χ0v) is 19.1. The lowest BCUT2D eigenvalue weighted by molar-refractivity contribution is -0.000734. The minimum Gasteiger partial charge on any atom is -0.508 e. The summed E-state index contributed by atoms with van der Waals surface area (Å²) in [6.45, 7) is 5.42. The standard InChI is InChI=1S/C12H16ClNO4S.C7H4FNO.C2H6/c1-9-2-3-11(10(13)6-9)19(17,18)14-5-4-12(16,7-14)8-15;8-7-3-6(10)2-1-5(7)4-9;1-2/h2-3,6,15-16H,4-5,7-8H2,1H3;1-3,10H;1-2H3. The minimum absolute atomic E-state index is 0.0296. The van der Waals surface area contributed by atoms with Gasteiger partial charge in [0.05, 0.1) is 17.2 Å². The van der Waals surface area contributed by atoms with E-state index in [9.17, 15) is 17.9 Å². The average Bonchev–Trinajstić information content (AvgIpc) is 3.14. The number of phenolic OH excluding ortho intramolecular Hbond substituents is 1. The number of rotatable bonds is 3. The zero-order chi connectivity index (χ0) is 23.8. The highest BCUT2D eigenvalue weighted by Crippen LogP contribution is 2.30. The van der Waals surface area contributed by atoms with Gasteiger partial charge in [-0.1, -0.05) is 31.5 Å². The molecule has 170 valence electrons. The Morgan fingerprint density at radius 2 is 1.90 bits per heavy atom. The first-order valence-corrected chi connectivity index (χ1v) is 11.3. The van der Waals surface area contributed by atoms with Crippen LogP contribution in [0.15, 0.2) is 41.3 Å². The van der Waals surface area contributed by atoms with Crippen LogP contribution in [-0.2, 0) is 10.0 Å². The number of aryl methyl sites for hydroxylation is 1. The summed E-state index contributed by atoms with van der Waals surface area (Å²) >= 11 is 5.98. The maximum Gasteiger partial charge on any atom is 0.244 e. The van der Waals surface area contributed by atoms with Crippen LogP contribution in [-0.4, -0.2) is 53.3 Å². The normalized spacial score (nSPS) is 18.3. The molecule has 0 radical (unpaired) electrons. The van der Waals surface area contributed by atoms with E-state index in [4.69, 9.17) is 27.1 Å². The van der Waals surface area contributed by atoms with E-state index in [-0.39, 0.29) is 40.7 Å². The molecule has 1 aliphatic heterocycles. The highest BCUT2D eigenvalue weighted by molar-refractivity contribution is 7.89. The van der Waals surface area contributed by atoms with Crippen molar-refractivity contribution in [1.82, 2.24) is 4.31 Å². The first-order valence-electron chi connectivity index (χ1n) is 9.50. The van der Waals surface area contributed by atoms with Crippen molar-refractivity contribution < 1.29 is 28.1 Å². The number of aliphatic hydroxyl groups is 2. The Morgan fingerprint density at radius 1 is 1.26 bits per heavy atom. The van der Waals surface area contributed by atoms with Crippen molar-refractivity contribution in [1.29, 1.82) is 5.26 Å². The lowest BCUT2D eigenvalue weighted by Crippen LogP contribution is -2.38. The van der Waals surface area contributed by atoms with Crippen molar-refractivity contribution in [2.45, 2.75) is 37.7 Å². The van der Waals surface area contributed by atoms with Crippen molar-refractivity contribution in [3.63, 3.8) is 0 Å². The summed E-state index contributed by atoms with van der Waals surface area (Å²) in [4.78, 5) is 0.0296. The van der Waals surface area contributed by atoms with Gasteiger partial charge in [-0.25, -0.2) is 12.8 Å². The summed E-state index contributed by atoms with van der Waals surface area (Å²) in [7, 11) is -3.74. The number of sulfonamides is 1. The van der Waals surface area contributed by atoms with E-state index in [1.165, 1.54) is 18.2 Å². The van der Waals surface area contributed by atoms with Gasteiger partial charge in [-0.05, 0) is 43.2 Å². The Bertz CT molecular complexity index is 1040. The molecule has 0 spiro atoms. The summed E-state index contributed by atoms with van der Waals surface area (Å²) in [5.41, 5.74) is -0.542. The van der Waals surface area contributed by atoms with Crippen molar-refractivity contribution in [3.8, 4) is 11.8 Å². The molecule has 1 atom stereocenters. The van der Waals surface area contributed by atoms with Gasteiger partial charge in [0.25, 0.3) is 0 Å². The zero-order valence-electron chi connectivity index (χ0n) is 17.5. The molecule has 0 bridgehead atoms. The van der Waals surface area contributed by atoms with Gasteiger partial charge in [-0.15, -0.1) is 0 Å². The van der Waals surface area contributed by atoms with Crippen LogP contribution in [0.3, 0.4) is 0 Å². The molecule has 2 aromatic carbocycles. The van der Waals surface area contributed by atoms with Crippen LogP contribution in [0.2, 0.25) is 5.02 Å². The molecule has 3 N–H and O–H groups in total. The molecule has 1 unspecified atom stereocenters. The Labute approximate surface area is 187 Å². The second-order valence-electron chi connectivity index (χ2n) is 6.68. The fraction of sp³-hybridized carbons (Fsp3) is 0.381. The van der Waals surface area contributed by atoms with Crippen LogP contribution in [0, 0.1) is 24.1 Å². The fourth-order valence-electron chi connectivity index (χ4n) is 2.70. The number of phenols is 1. The SMILES string of the molecule is CC.Cc1ccc(S(=O)(=O)N2CCC(O)(CO)C2)c(Cl)c1.N#Cc1ccc(O)cc1F. The number of nitriles is 1. The number of halogens is 2. The molecule has 2 aromatic rings. The third-order valence-corrected chi connectivity index (χ3v) is 6.70. The summed E-state index contributed by atoms with van der Waals surface area (Å²) in [5, 5.41) is 36.1. The first kappa shape index (κ1) is 26.8. The summed E-state index contributed by atoms with van der Waals surface area (Å²) in [6, 6.07) is 9.75. The van der Waals surface area contributed by atoms with E-state index in [0.29, 0.717) is 0 Å². The highest BCUT2D eigenvalue weighted by atomic mass is 35.5. The van der Waals surface area contributed by atoms with Crippen LogP contribution in [0.5, 0.6) is 5.75 Å². The van der Waals surface area contributed by atoms with Gasteiger partial charge >= 0.3 is 0 Å². The van der Waals surface area contributed by atoms with Crippen LogP contribution in [0.4, 0.5) is 4.39 Å². The van der Waals surface area contributed by atoms with Crippen LogP contribution >= 0.6 is 11.6 Å². The molecular weight excluding hydrogens is 447 g/mol. The van der Waals surface area contributed by atoms with Crippen molar-refractivity contribution in [2.75, 3.05) is 19.7 Å². The van der Waals surface area contributed by atoms with Gasteiger partial charge in [0.2, 0.25) is 10.0 Å². The topological polar surface area (TPSA) is 122 Å². The van der Waals surface area contributed by atoms with Gasteiger partial charge < -0.3 is 15.3 Å². The van der Waals surface area contributed by atoms with Gasteiger partial charge in [0.15, 0.2) is 0 Å². The van der Waals surface area contributed by atoms with Crippen molar-refractivity contribution in [3.05, 3.63) is 58.4 Å². The molecule has 1 saturated heterocycles. The Kier molecular flexibility index (Phi) is 9.87. The van der Waals surface area contributed by atoms with Crippen LogP contribution in [0.1, 0.15) is 31.4 Å². The Morgan fingerprint density at radius 3 is 2.39 bits per heavy atom. The molecule has 1 fully saturated rings. The number of aromatic hydroxyl groups is 1. The van der Waals surface area contributed by atoms with Gasteiger partial charge in [-0.3, -0.25) is 0 Å². The first-order chi connectivity index (χ1) is 14.5. The number of aliphatic hydroxyl groups excluding tert-OH is 1. The number of benzene rings is 2. The van der Waals surface area contributed by atoms with Crippen LogP contribution < -0.4 is 0 Å². The highest BCUT2D eigenvalue weighted by Gasteiger charge is 2.41. The molecule has 0 amide bonds. The average molecular weight is 473 g/mol. The number of hydrogen-bond donors (Lipinski definition) is 3. The molecule has 1 aliphatic rings. The van der Waals surface area contributed by atoms with E-state index in [1.807, 2.05) is 20.8 Å². The third kappa shape index (κ3) is 6.89. The predicted molar refractivity (Wildman–Crippen MR) is 116 cm³/mol. The smallest absolute Gasteiger partial charge is 0.244 e. The van der Waals surface area contributed by atoms with E-state index in [1.54, 1.807) is 18.2 Å². The van der Waals surface area contributed by atoms with Crippen molar-refractivity contribution >= 4 is 21.6 Å². The van der Waals surface area contributed by atoms with Gasteiger partial charge in [0.1, 0.15) is 28.1 Å². The molecule has 0 aromatic heterocycles. The molecule has 1 heterocycles. The summed E-state index contributed by atoms with van der Waals surface area (Å²) in [6.07, 6.45) is 0.214. The lowest BCUT2D eigenvalue weighted by Gasteiger charge is -2.21. The molecule has 10 heteroatoms. The summed E-state index contributed by atoms with van der Waals surface area (Å²) in [5.74, 6) is -0.862. The second-order valence-corrected chi connectivity index (χ2v) is 8.99. The van der Waals surface area contributed by atoms with Gasteiger partial charge in [0, 0.05) is 19.2 Å². The largest absolute Gasteiger partial charge is 0.508 e. The van der Waals surface area contributed by atoms with Gasteiger partial charge in [-0.2, -0.15) is 9.57 Å². The molecule has 7 nitrogen and oxygen atoms in total. The molecule has 3 rings (SSSR count). The van der Waals surface area contributed by atoms with E-state index in [2.05, 4.69) is 0 Å². The quantitative estimate of drug-likeness (QED) is 0.630. The lowest BCUT2D eigenvalue weighted by atomic mass is 10.1. The van der Waals surface area contributed by atoms with E-state index in [0.717, 1.165) is 15.9 Å². The minimum atomic E-state index is -3.74. The van der Waals surface area contributed by atoms with Crippen LogP contribution in [0.25, 0.3) is 0 Å². The Hall–Kier alpha value is -2.22. The summed E-state index contributed by atoms with van der Waals surface area (Å²) < 4.78 is 38.5. The number of hydrogen-bond acceptors (Lipinski definition) is 6. The monoisotopic (exact) mass is 472 g/mol. The van der Waals surface area contributed by atoms with Crippen molar-refractivity contribution in [2.24, 2.45) is 0 Å². The molecular formula is C21H26ClFN2O5S. The third-order valence-electron chi connectivity index (χ3n) is 4.37.